The molecule has 1 aliphatic rings. The number of hydrogen-bond donors (Lipinski definition) is 2. The van der Waals surface area contributed by atoms with Crippen molar-refractivity contribution in [3.05, 3.63) is 70.3 Å². The number of halogens is 6. The number of fused-ring (bicyclic) bond motifs is 1. The highest BCUT2D eigenvalue weighted by Gasteiger charge is 2.37. The van der Waals surface area contributed by atoms with E-state index in [-0.39, 0.29) is 29.3 Å². The third kappa shape index (κ3) is 5.90. The van der Waals surface area contributed by atoms with E-state index >= 15 is 0 Å². The van der Waals surface area contributed by atoms with Gasteiger partial charge in [0.1, 0.15) is 0 Å². The highest BCUT2D eigenvalue weighted by atomic mass is 32.2. The minimum Gasteiger partial charge on any atom is -0.324 e. The highest BCUT2D eigenvalue weighted by molar-refractivity contribution is 7.97. The molecule has 3 nitrogen and oxygen atoms in total. The van der Waals surface area contributed by atoms with E-state index in [9.17, 15) is 31.1 Å². The Labute approximate surface area is 178 Å². The zero-order valence-corrected chi connectivity index (χ0v) is 16.8. The van der Waals surface area contributed by atoms with E-state index in [1.165, 1.54) is 6.08 Å². The molecule has 2 aromatic rings. The van der Waals surface area contributed by atoms with Gasteiger partial charge < -0.3 is 5.73 Å². The van der Waals surface area contributed by atoms with Crippen LogP contribution in [0.5, 0.6) is 0 Å². The van der Waals surface area contributed by atoms with Crippen LogP contribution in [0.4, 0.5) is 26.3 Å². The van der Waals surface area contributed by atoms with Gasteiger partial charge in [-0.2, -0.15) is 26.3 Å². The van der Waals surface area contributed by atoms with Crippen molar-refractivity contribution in [3.8, 4) is 0 Å². The first-order chi connectivity index (χ1) is 14.5. The van der Waals surface area contributed by atoms with Gasteiger partial charge >= 0.3 is 12.4 Å². The summed E-state index contributed by atoms with van der Waals surface area (Å²) in [5, 5.41) is 0. The average molecular weight is 460 g/mol. The number of carbonyl (C=O) groups excluding carboxylic acids is 1. The Bertz CT molecular complexity index is 968. The third-order valence-electron chi connectivity index (χ3n) is 4.79. The molecule has 0 radical (unpaired) electrons. The number of nitrogens with one attached hydrogen (secondary N) is 1. The van der Waals surface area contributed by atoms with E-state index in [1.807, 2.05) is 12.1 Å². The molecule has 166 valence electrons. The van der Waals surface area contributed by atoms with Crippen molar-refractivity contribution >= 4 is 23.8 Å². The molecule has 2 aromatic carbocycles. The molecule has 0 fully saturated rings. The standard InChI is InChI=1S/C21H18F6N2OS/c22-20(23,24)14-8-15(21(25,26)27)10-17(9-14)31-29-19-6-3-13-7-12(2-5-18(13)19)1-4-16(30)11-28/h1-2,4-5,7-10,19,29H,3,6,11,28H2/b4-1+. The van der Waals surface area contributed by atoms with E-state index in [0.29, 0.717) is 25.0 Å². The summed E-state index contributed by atoms with van der Waals surface area (Å²) in [6.45, 7) is -0.0871. The first-order valence-electron chi connectivity index (χ1n) is 9.23. The number of benzene rings is 2. The van der Waals surface area contributed by atoms with Crippen molar-refractivity contribution in [2.24, 2.45) is 5.73 Å². The molecule has 1 aliphatic carbocycles. The number of ketones is 1. The van der Waals surface area contributed by atoms with E-state index < -0.39 is 23.5 Å². The Morgan fingerprint density at radius 2 is 1.71 bits per heavy atom. The first-order valence-corrected chi connectivity index (χ1v) is 10.0. The number of hydrogen-bond acceptors (Lipinski definition) is 4. The van der Waals surface area contributed by atoms with Crippen LogP contribution in [0.25, 0.3) is 6.08 Å². The summed E-state index contributed by atoms with van der Waals surface area (Å²) >= 11 is 0.741. The molecular formula is C21H18F6N2OS. The van der Waals surface area contributed by atoms with Crippen LogP contribution in [-0.4, -0.2) is 12.3 Å². The van der Waals surface area contributed by atoms with Crippen LogP contribution in [0.2, 0.25) is 0 Å². The van der Waals surface area contributed by atoms with Crippen LogP contribution in [0, 0.1) is 0 Å². The molecule has 3 rings (SSSR count). The molecule has 0 spiro atoms. The van der Waals surface area contributed by atoms with Gasteiger partial charge in [-0.05, 0) is 65.8 Å². The fraction of sp³-hybridized carbons (Fsp3) is 0.286. The van der Waals surface area contributed by atoms with E-state index in [2.05, 4.69) is 4.72 Å². The lowest BCUT2D eigenvalue weighted by Gasteiger charge is -2.16. The van der Waals surface area contributed by atoms with Crippen molar-refractivity contribution in [1.82, 2.24) is 4.72 Å². The molecule has 1 unspecified atom stereocenters. The minimum absolute atomic E-state index is 0.0871. The number of rotatable bonds is 6. The third-order valence-corrected chi connectivity index (χ3v) is 5.66. The van der Waals surface area contributed by atoms with E-state index in [1.54, 1.807) is 12.1 Å². The second kappa shape index (κ2) is 9.05. The number of carbonyl (C=O) groups is 1. The summed E-state index contributed by atoms with van der Waals surface area (Å²) in [7, 11) is 0. The Balaban J connectivity index is 1.76. The van der Waals surface area contributed by atoms with Gasteiger partial charge in [0.05, 0.1) is 17.7 Å². The molecule has 0 aromatic heterocycles. The Morgan fingerprint density at radius 3 is 2.29 bits per heavy atom. The lowest BCUT2D eigenvalue weighted by molar-refractivity contribution is -0.143. The van der Waals surface area contributed by atoms with Gasteiger partial charge in [-0.1, -0.05) is 24.3 Å². The van der Waals surface area contributed by atoms with Gasteiger partial charge in [0.2, 0.25) is 0 Å². The van der Waals surface area contributed by atoms with Gasteiger partial charge in [0.25, 0.3) is 0 Å². The molecule has 31 heavy (non-hydrogen) atoms. The molecule has 0 heterocycles. The topological polar surface area (TPSA) is 55.1 Å². The molecule has 3 N–H and O–H groups in total. The molecule has 1 atom stereocenters. The lowest BCUT2D eigenvalue weighted by Crippen LogP contribution is -2.13. The van der Waals surface area contributed by atoms with Gasteiger partial charge in [-0.15, -0.1) is 0 Å². The smallest absolute Gasteiger partial charge is 0.324 e. The molecule has 0 saturated heterocycles. The monoisotopic (exact) mass is 460 g/mol. The summed E-state index contributed by atoms with van der Waals surface area (Å²) < 4.78 is 81.1. The zero-order chi connectivity index (χ0) is 22.8. The maximum atomic E-state index is 13.0. The molecular weight excluding hydrogens is 442 g/mol. The van der Waals surface area contributed by atoms with Crippen LogP contribution in [0.15, 0.2) is 47.4 Å². The van der Waals surface area contributed by atoms with Gasteiger partial charge in [-0.3, -0.25) is 9.52 Å². The summed E-state index contributed by atoms with van der Waals surface area (Å²) in [6, 6.07) is 6.80. The first kappa shape index (κ1) is 23.4. The van der Waals surface area contributed by atoms with Crippen molar-refractivity contribution in [1.29, 1.82) is 0 Å². The fourth-order valence-electron chi connectivity index (χ4n) is 3.25. The predicted octanol–water partition coefficient (Wildman–Crippen LogP) is 5.55. The van der Waals surface area contributed by atoms with E-state index in [0.717, 1.165) is 28.6 Å². The molecule has 0 amide bonds. The second-order valence-corrected chi connectivity index (χ2v) is 7.93. The van der Waals surface area contributed by atoms with Gasteiger partial charge in [0.15, 0.2) is 5.78 Å². The van der Waals surface area contributed by atoms with Crippen molar-refractivity contribution < 1.29 is 31.1 Å². The van der Waals surface area contributed by atoms with Crippen LogP contribution in [0.1, 0.15) is 40.3 Å². The highest BCUT2D eigenvalue weighted by Crippen LogP contribution is 2.39. The Hall–Kier alpha value is -2.30. The fourth-order valence-corrected chi connectivity index (χ4v) is 4.14. The van der Waals surface area contributed by atoms with Gasteiger partial charge in [0, 0.05) is 10.9 Å². The largest absolute Gasteiger partial charge is 0.416 e. The van der Waals surface area contributed by atoms with Crippen molar-refractivity contribution in [3.63, 3.8) is 0 Å². The van der Waals surface area contributed by atoms with Crippen LogP contribution in [-0.2, 0) is 23.6 Å². The molecule has 0 saturated carbocycles. The van der Waals surface area contributed by atoms with Gasteiger partial charge in [-0.25, -0.2) is 0 Å². The summed E-state index contributed by atoms with van der Waals surface area (Å²) in [6.07, 6.45) is -5.41. The molecule has 0 aliphatic heterocycles. The van der Waals surface area contributed by atoms with Crippen LogP contribution < -0.4 is 10.5 Å². The summed E-state index contributed by atoms with van der Waals surface area (Å²) in [5.74, 6) is -0.212. The minimum atomic E-state index is -4.88. The van der Waals surface area contributed by atoms with Crippen LogP contribution >= 0.6 is 11.9 Å². The quantitative estimate of drug-likeness (QED) is 0.337. The van der Waals surface area contributed by atoms with Crippen molar-refractivity contribution in [2.75, 3.05) is 6.54 Å². The average Bonchev–Trinajstić information content (AvgIpc) is 3.11. The maximum absolute atomic E-state index is 13.0. The predicted molar refractivity (Wildman–Crippen MR) is 106 cm³/mol. The number of alkyl halides is 6. The maximum Gasteiger partial charge on any atom is 0.416 e. The lowest BCUT2D eigenvalue weighted by atomic mass is 10.0. The number of nitrogens with two attached hydrogens (primary N) is 1. The SMILES string of the molecule is NCC(=O)/C=C/c1ccc2c(c1)CCC2NSc1cc(C(F)(F)F)cc(C(F)(F)F)c1. The van der Waals surface area contributed by atoms with Crippen molar-refractivity contribution in [2.45, 2.75) is 36.1 Å². The summed E-state index contributed by atoms with van der Waals surface area (Å²) in [5.41, 5.74) is 5.29. The Kier molecular flexibility index (Phi) is 6.82. The zero-order valence-electron chi connectivity index (χ0n) is 16.0. The van der Waals surface area contributed by atoms with E-state index in [4.69, 9.17) is 5.73 Å². The second-order valence-electron chi connectivity index (χ2n) is 7.01. The Morgan fingerprint density at radius 1 is 1.06 bits per heavy atom. The number of aryl methyl sites for hydroxylation is 1. The normalized spacial score (nSPS) is 16.7. The molecule has 0 bridgehead atoms. The molecule has 10 heteroatoms. The summed E-state index contributed by atoms with van der Waals surface area (Å²) in [4.78, 5) is 11.1. The van der Waals surface area contributed by atoms with Crippen LogP contribution in [0.3, 0.4) is 0 Å².